The van der Waals surface area contributed by atoms with Crippen LogP contribution in [0.15, 0.2) is 65.7 Å². The van der Waals surface area contributed by atoms with Gasteiger partial charge in [-0.05, 0) is 62.1 Å². The van der Waals surface area contributed by atoms with Gasteiger partial charge in [0.2, 0.25) is 6.79 Å². The largest absolute Gasteiger partial charge is 0.494 e. The number of nitrogens with one attached hydrogen (secondary N) is 1. The molecule has 3 aromatic carbocycles. The van der Waals surface area contributed by atoms with E-state index in [0.29, 0.717) is 33.9 Å². The van der Waals surface area contributed by atoms with Crippen molar-refractivity contribution < 1.29 is 14.6 Å². The minimum absolute atomic E-state index is 0.0132. The molecule has 7 nitrogen and oxygen atoms in total. The lowest BCUT2D eigenvalue weighted by Crippen LogP contribution is -2.10. The number of aliphatic imine (C=N–C) groups is 1. The van der Waals surface area contributed by atoms with Gasteiger partial charge in [0.1, 0.15) is 0 Å². The van der Waals surface area contributed by atoms with E-state index < -0.39 is 0 Å². The second kappa shape index (κ2) is 8.34. The van der Waals surface area contributed by atoms with Gasteiger partial charge in [0.25, 0.3) is 0 Å². The molecule has 0 bridgehead atoms. The van der Waals surface area contributed by atoms with Crippen molar-refractivity contribution in [3.05, 3.63) is 82.9 Å². The van der Waals surface area contributed by atoms with E-state index in [-0.39, 0.29) is 12.7 Å². The van der Waals surface area contributed by atoms with Crippen LogP contribution >= 0.6 is 0 Å². The molecule has 0 atom stereocenters. The molecule has 2 N–H and O–H groups in total. The van der Waals surface area contributed by atoms with Crippen molar-refractivity contribution in [2.24, 2.45) is 4.99 Å². The molecule has 1 aliphatic rings. The first-order valence-electron chi connectivity index (χ1n) is 10.5. The highest BCUT2D eigenvalue weighted by atomic mass is 16.7. The number of hydrogen-bond donors (Lipinski definition) is 2. The normalized spacial score (nSPS) is 13.0. The summed E-state index contributed by atoms with van der Waals surface area (Å²) in [7, 11) is 4.06. The van der Waals surface area contributed by atoms with Crippen molar-refractivity contribution in [2.75, 3.05) is 20.9 Å². The molecule has 4 aromatic rings. The van der Waals surface area contributed by atoms with Crippen molar-refractivity contribution >= 4 is 22.3 Å². The lowest BCUT2D eigenvalue weighted by Gasteiger charge is -2.11. The van der Waals surface area contributed by atoms with Crippen LogP contribution < -0.4 is 9.47 Å². The summed E-state index contributed by atoms with van der Waals surface area (Å²) in [5.41, 5.74) is 5.03. The van der Waals surface area contributed by atoms with Crippen LogP contribution in [-0.2, 0) is 6.54 Å². The fourth-order valence-corrected chi connectivity index (χ4v) is 3.97. The van der Waals surface area contributed by atoms with Crippen LogP contribution in [0.25, 0.3) is 10.9 Å². The Labute approximate surface area is 191 Å². The van der Waals surface area contributed by atoms with Crippen LogP contribution in [0.4, 0.5) is 5.69 Å². The highest BCUT2D eigenvalue weighted by Crippen LogP contribution is 2.36. The number of nitriles is 1. The van der Waals surface area contributed by atoms with Gasteiger partial charge in [-0.2, -0.15) is 5.26 Å². The number of aromatic hydroxyl groups is 1. The average molecular weight is 438 g/mol. The van der Waals surface area contributed by atoms with Crippen LogP contribution in [0.3, 0.4) is 0 Å². The molecule has 0 saturated heterocycles. The van der Waals surface area contributed by atoms with Crippen molar-refractivity contribution in [3.63, 3.8) is 0 Å². The van der Waals surface area contributed by atoms with Gasteiger partial charge in [0.15, 0.2) is 17.4 Å². The number of aromatic nitrogens is 1. The Morgan fingerprint density at radius 3 is 2.61 bits per heavy atom. The number of rotatable bonds is 5. The molecule has 0 aliphatic carbocycles. The molecule has 2 heterocycles. The number of ether oxygens (including phenoxy) is 2. The second-order valence-corrected chi connectivity index (χ2v) is 8.15. The van der Waals surface area contributed by atoms with E-state index >= 15 is 0 Å². The molecule has 1 aliphatic heterocycles. The van der Waals surface area contributed by atoms with Crippen LogP contribution in [0, 0.1) is 11.3 Å². The fraction of sp³-hybridized carbons (Fsp3) is 0.154. The molecule has 1 aromatic heterocycles. The number of hydrogen-bond acceptors (Lipinski definition) is 6. The summed E-state index contributed by atoms with van der Waals surface area (Å²) in [4.78, 5) is 10.0. The third kappa shape index (κ3) is 4.00. The first-order valence-corrected chi connectivity index (χ1v) is 10.5. The zero-order valence-electron chi connectivity index (χ0n) is 18.3. The quantitative estimate of drug-likeness (QED) is 0.440. The molecule has 164 valence electrons. The van der Waals surface area contributed by atoms with Gasteiger partial charge in [-0.15, -0.1) is 0 Å². The van der Waals surface area contributed by atoms with E-state index in [1.54, 1.807) is 12.1 Å². The maximum Gasteiger partial charge on any atom is 0.231 e. The van der Waals surface area contributed by atoms with Crippen molar-refractivity contribution in [1.29, 1.82) is 5.26 Å². The SMILES string of the molecule is CN(C)Cc1ccc(N=C(c2ccc3c(c2)OCO3)c2c(O)[nH]c3cc(C#N)ccc23)cc1. The maximum absolute atomic E-state index is 10.9. The molecule has 0 saturated carbocycles. The van der Waals surface area contributed by atoms with E-state index in [0.717, 1.165) is 23.2 Å². The molecule has 5 rings (SSSR count). The smallest absolute Gasteiger partial charge is 0.231 e. The highest BCUT2D eigenvalue weighted by Gasteiger charge is 2.22. The van der Waals surface area contributed by atoms with Gasteiger partial charge in [-0.1, -0.05) is 18.2 Å². The number of H-pyrrole nitrogens is 1. The van der Waals surface area contributed by atoms with E-state index in [1.165, 1.54) is 5.56 Å². The minimum atomic E-state index is -0.0132. The van der Waals surface area contributed by atoms with Gasteiger partial charge < -0.3 is 24.5 Å². The molecule has 0 radical (unpaired) electrons. The van der Waals surface area contributed by atoms with Crippen LogP contribution in [0.2, 0.25) is 0 Å². The van der Waals surface area contributed by atoms with E-state index in [2.05, 4.69) is 16.0 Å². The summed E-state index contributed by atoms with van der Waals surface area (Å²) in [5, 5.41) is 20.9. The van der Waals surface area contributed by atoms with Gasteiger partial charge >= 0.3 is 0 Å². The van der Waals surface area contributed by atoms with Gasteiger partial charge in [-0.25, -0.2) is 4.99 Å². The Kier molecular flexibility index (Phi) is 5.21. The van der Waals surface area contributed by atoms with E-state index in [1.807, 2.05) is 62.6 Å². The Morgan fingerprint density at radius 1 is 1.06 bits per heavy atom. The van der Waals surface area contributed by atoms with Gasteiger partial charge in [-0.3, -0.25) is 0 Å². The lowest BCUT2D eigenvalue weighted by molar-refractivity contribution is 0.174. The first-order chi connectivity index (χ1) is 16.0. The minimum Gasteiger partial charge on any atom is -0.494 e. The predicted octanol–water partition coefficient (Wildman–Crippen LogP) is 4.70. The van der Waals surface area contributed by atoms with Crippen molar-refractivity contribution in [2.45, 2.75) is 6.54 Å². The predicted molar refractivity (Wildman–Crippen MR) is 126 cm³/mol. The second-order valence-electron chi connectivity index (χ2n) is 8.15. The Hall–Kier alpha value is -4.28. The summed E-state index contributed by atoms with van der Waals surface area (Å²) < 4.78 is 11.0. The molecule has 0 fully saturated rings. The monoisotopic (exact) mass is 438 g/mol. The van der Waals surface area contributed by atoms with E-state index in [9.17, 15) is 10.4 Å². The van der Waals surface area contributed by atoms with Gasteiger partial charge in [0.05, 0.1) is 34.1 Å². The standard InChI is InChI=1S/C26H22N4O3/c1-30(2)14-16-3-7-19(8-4-16)28-25(18-6-10-22-23(12-18)33-15-32-22)24-20-9-5-17(13-27)11-21(20)29-26(24)31/h3-12,29,31H,14-15H2,1-2H3. The Bertz CT molecular complexity index is 1410. The Balaban J connectivity index is 1.67. The number of nitrogens with zero attached hydrogens (tertiary/aromatic N) is 3. The first kappa shape index (κ1) is 20.6. The van der Waals surface area contributed by atoms with Crippen LogP contribution in [0.5, 0.6) is 17.4 Å². The third-order valence-corrected chi connectivity index (χ3v) is 5.47. The number of aromatic amines is 1. The molecular weight excluding hydrogens is 416 g/mol. The molecule has 33 heavy (non-hydrogen) atoms. The maximum atomic E-state index is 10.9. The van der Waals surface area contributed by atoms with Crippen molar-refractivity contribution in [1.82, 2.24) is 9.88 Å². The summed E-state index contributed by atoms with van der Waals surface area (Å²) in [6, 6.07) is 21.0. The zero-order chi connectivity index (χ0) is 22.9. The summed E-state index contributed by atoms with van der Waals surface area (Å²) in [6.07, 6.45) is 0. The third-order valence-electron chi connectivity index (χ3n) is 5.47. The molecule has 0 unspecified atom stereocenters. The molecule has 0 amide bonds. The van der Waals surface area contributed by atoms with Crippen molar-refractivity contribution in [3.8, 4) is 23.4 Å². The van der Waals surface area contributed by atoms with Crippen LogP contribution in [-0.4, -0.2) is 41.6 Å². The fourth-order valence-electron chi connectivity index (χ4n) is 3.97. The summed E-state index contributed by atoms with van der Waals surface area (Å²) in [6.45, 7) is 1.01. The molecular formula is C26H22N4O3. The van der Waals surface area contributed by atoms with Crippen LogP contribution in [0.1, 0.15) is 22.3 Å². The molecule has 0 spiro atoms. The molecule has 7 heteroatoms. The zero-order valence-corrected chi connectivity index (χ0v) is 18.3. The summed E-state index contributed by atoms with van der Waals surface area (Å²) >= 11 is 0. The number of benzene rings is 3. The summed E-state index contributed by atoms with van der Waals surface area (Å²) in [5.74, 6) is 1.29. The topological polar surface area (TPSA) is 93.9 Å². The Morgan fingerprint density at radius 2 is 1.85 bits per heavy atom. The highest BCUT2D eigenvalue weighted by molar-refractivity contribution is 6.22. The van der Waals surface area contributed by atoms with Gasteiger partial charge in [0, 0.05) is 17.5 Å². The van der Waals surface area contributed by atoms with E-state index in [4.69, 9.17) is 14.5 Å². The average Bonchev–Trinajstić information content (AvgIpc) is 3.40. The number of fused-ring (bicyclic) bond motifs is 2. The lowest BCUT2D eigenvalue weighted by atomic mass is 9.99.